The van der Waals surface area contributed by atoms with Crippen LogP contribution in [-0.2, 0) is 10.3 Å². The second-order valence-electron chi connectivity index (χ2n) is 6.55. The molecule has 0 amide bonds. The predicted octanol–water partition coefficient (Wildman–Crippen LogP) is 5.31. The highest BCUT2D eigenvalue weighted by Crippen LogP contribution is 2.45. The van der Waals surface area contributed by atoms with Gasteiger partial charge in [-0.1, -0.05) is 12.1 Å². The van der Waals surface area contributed by atoms with Gasteiger partial charge in [0.05, 0.1) is 12.0 Å². The fourth-order valence-corrected chi connectivity index (χ4v) is 2.05. The van der Waals surface area contributed by atoms with Crippen LogP contribution in [0.3, 0.4) is 0 Å². The smallest absolute Gasteiger partial charge is 0.453 e. The maximum absolute atomic E-state index is 13.4. The maximum atomic E-state index is 13.4. The van der Waals surface area contributed by atoms with Gasteiger partial charge in [0.1, 0.15) is 11.4 Å². The van der Waals surface area contributed by atoms with Crippen molar-refractivity contribution in [1.29, 1.82) is 0 Å². The monoisotopic (exact) mass is 340 g/mol. The average Bonchev–Trinajstić information content (AvgIpc) is 2.35. The van der Waals surface area contributed by atoms with Crippen LogP contribution >= 0.6 is 0 Å². The molecular weight excluding hydrogens is 319 g/mol. The lowest BCUT2D eigenvalue weighted by molar-refractivity contribution is -0.298. The SMILES string of the molecule is COC(C)(CC(F)(F)C(F)(F)F)c1ccc(OC(C)(C)C)cc1. The van der Waals surface area contributed by atoms with Crippen LogP contribution in [0.4, 0.5) is 22.0 Å². The van der Waals surface area contributed by atoms with Gasteiger partial charge in [-0.2, -0.15) is 22.0 Å². The number of benzene rings is 1. The van der Waals surface area contributed by atoms with Crippen LogP contribution in [-0.4, -0.2) is 24.8 Å². The van der Waals surface area contributed by atoms with Crippen LogP contribution in [0.15, 0.2) is 24.3 Å². The molecule has 7 heteroatoms. The highest BCUT2D eigenvalue weighted by atomic mass is 19.4. The van der Waals surface area contributed by atoms with Gasteiger partial charge < -0.3 is 9.47 Å². The van der Waals surface area contributed by atoms with Crippen LogP contribution in [0.5, 0.6) is 5.75 Å². The molecule has 0 radical (unpaired) electrons. The summed E-state index contributed by atoms with van der Waals surface area (Å²) in [7, 11) is 1.10. The molecule has 0 N–H and O–H groups in total. The molecule has 0 aliphatic carbocycles. The zero-order valence-electron chi connectivity index (χ0n) is 13.7. The van der Waals surface area contributed by atoms with E-state index in [2.05, 4.69) is 0 Å². The number of ether oxygens (including phenoxy) is 2. The molecule has 1 rings (SSSR count). The van der Waals surface area contributed by atoms with E-state index in [0.29, 0.717) is 5.75 Å². The van der Waals surface area contributed by atoms with Crippen molar-refractivity contribution in [2.24, 2.45) is 0 Å². The first-order chi connectivity index (χ1) is 10.2. The lowest BCUT2D eigenvalue weighted by Gasteiger charge is -2.33. The third-order valence-corrected chi connectivity index (χ3v) is 3.31. The van der Waals surface area contributed by atoms with Gasteiger partial charge in [0.25, 0.3) is 0 Å². The lowest BCUT2D eigenvalue weighted by atomic mass is 9.89. The van der Waals surface area contributed by atoms with Crippen LogP contribution in [0.25, 0.3) is 0 Å². The highest BCUT2D eigenvalue weighted by molar-refractivity contribution is 5.31. The van der Waals surface area contributed by atoms with Gasteiger partial charge in [-0.3, -0.25) is 0 Å². The highest BCUT2D eigenvalue weighted by Gasteiger charge is 2.60. The first-order valence-electron chi connectivity index (χ1n) is 6.99. The van der Waals surface area contributed by atoms with Crippen molar-refractivity contribution in [2.75, 3.05) is 7.11 Å². The minimum Gasteiger partial charge on any atom is -0.488 e. The number of methoxy groups -OCH3 is 1. The standard InChI is InChI=1S/C16H21F5O2/c1-13(2,3)23-12-8-6-11(7-9-12)14(4,22-5)10-15(17,18)16(19,20)21/h6-9H,10H2,1-5H3. The third-order valence-electron chi connectivity index (χ3n) is 3.31. The van der Waals surface area contributed by atoms with Gasteiger partial charge in [0.2, 0.25) is 0 Å². The molecule has 1 aromatic rings. The second kappa shape index (κ2) is 6.26. The number of hydrogen-bond donors (Lipinski definition) is 0. The van der Waals surface area contributed by atoms with Crippen LogP contribution in [0.1, 0.15) is 39.7 Å². The first-order valence-corrected chi connectivity index (χ1v) is 6.99. The largest absolute Gasteiger partial charge is 0.488 e. The summed E-state index contributed by atoms with van der Waals surface area (Å²) in [6.07, 6.45) is -7.12. The van der Waals surface area contributed by atoms with Gasteiger partial charge >= 0.3 is 12.1 Å². The van der Waals surface area contributed by atoms with E-state index in [4.69, 9.17) is 9.47 Å². The van der Waals surface area contributed by atoms with E-state index in [0.717, 1.165) is 7.11 Å². The Morgan fingerprint density at radius 2 is 1.35 bits per heavy atom. The van der Waals surface area contributed by atoms with E-state index in [1.165, 1.54) is 31.2 Å². The molecule has 0 saturated carbocycles. The fraction of sp³-hybridized carbons (Fsp3) is 0.625. The van der Waals surface area contributed by atoms with Crippen molar-refractivity contribution < 1.29 is 31.4 Å². The van der Waals surface area contributed by atoms with Crippen LogP contribution in [0.2, 0.25) is 0 Å². The molecule has 0 aliphatic rings. The molecule has 0 fully saturated rings. The Morgan fingerprint density at radius 3 is 1.70 bits per heavy atom. The zero-order valence-corrected chi connectivity index (χ0v) is 13.7. The lowest BCUT2D eigenvalue weighted by Crippen LogP contribution is -2.43. The van der Waals surface area contributed by atoms with Crippen molar-refractivity contribution in [1.82, 2.24) is 0 Å². The fourth-order valence-electron chi connectivity index (χ4n) is 2.05. The van der Waals surface area contributed by atoms with E-state index in [1.54, 1.807) is 0 Å². The van der Waals surface area contributed by atoms with Gasteiger partial charge in [-0.05, 0) is 45.4 Å². The molecule has 0 saturated heterocycles. The quantitative estimate of drug-likeness (QED) is 0.676. The molecule has 2 nitrogen and oxygen atoms in total. The number of hydrogen-bond acceptors (Lipinski definition) is 2. The molecular formula is C16H21F5O2. The van der Waals surface area contributed by atoms with Gasteiger partial charge in [-0.25, -0.2) is 0 Å². The number of halogens is 5. The molecule has 1 atom stereocenters. The van der Waals surface area contributed by atoms with Crippen molar-refractivity contribution in [2.45, 2.75) is 57.4 Å². The molecule has 0 spiro atoms. The summed E-state index contributed by atoms with van der Waals surface area (Å²) in [5.74, 6) is -4.36. The van der Waals surface area contributed by atoms with Gasteiger partial charge in [-0.15, -0.1) is 0 Å². The van der Waals surface area contributed by atoms with E-state index < -0.39 is 29.7 Å². The minimum absolute atomic E-state index is 0.213. The zero-order chi connectivity index (χ0) is 18.1. The summed E-state index contributed by atoms with van der Waals surface area (Å²) < 4.78 is 74.6. The summed E-state index contributed by atoms with van der Waals surface area (Å²) in [5.41, 5.74) is -2.01. The topological polar surface area (TPSA) is 18.5 Å². The summed E-state index contributed by atoms with van der Waals surface area (Å²) in [4.78, 5) is 0. The Bertz CT molecular complexity index is 517. The van der Waals surface area contributed by atoms with Gasteiger partial charge in [0, 0.05) is 7.11 Å². The van der Waals surface area contributed by atoms with Crippen molar-refractivity contribution in [3.8, 4) is 5.75 Å². The normalized spacial score (nSPS) is 16.1. The van der Waals surface area contributed by atoms with Crippen molar-refractivity contribution >= 4 is 0 Å². The Morgan fingerprint density at radius 1 is 0.870 bits per heavy atom. The predicted molar refractivity (Wildman–Crippen MR) is 76.8 cm³/mol. The van der Waals surface area contributed by atoms with Crippen molar-refractivity contribution in [3.63, 3.8) is 0 Å². The molecule has 1 unspecified atom stereocenters. The summed E-state index contributed by atoms with van der Waals surface area (Å²) in [6.45, 7) is 6.71. The Labute approximate surface area is 132 Å². The van der Waals surface area contributed by atoms with E-state index >= 15 is 0 Å². The molecule has 0 aromatic heterocycles. The van der Waals surface area contributed by atoms with Crippen LogP contribution < -0.4 is 4.74 Å². The molecule has 23 heavy (non-hydrogen) atoms. The first kappa shape index (κ1) is 19.7. The second-order valence-corrected chi connectivity index (χ2v) is 6.55. The molecule has 0 bridgehead atoms. The summed E-state index contributed by atoms with van der Waals surface area (Å²) in [5, 5.41) is 0. The number of rotatable bonds is 5. The van der Waals surface area contributed by atoms with E-state index in [9.17, 15) is 22.0 Å². The van der Waals surface area contributed by atoms with E-state index in [1.807, 2.05) is 20.8 Å². The maximum Gasteiger partial charge on any atom is 0.453 e. The Kier molecular flexibility index (Phi) is 5.36. The Hall–Kier alpha value is -1.37. The molecule has 0 heterocycles. The summed E-state index contributed by atoms with van der Waals surface area (Å²) >= 11 is 0. The minimum atomic E-state index is -5.62. The molecule has 0 aliphatic heterocycles. The van der Waals surface area contributed by atoms with Crippen LogP contribution in [0, 0.1) is 0 Å². The Balaban J connectivity index is 3.05. The number of alkyl halides is 5. The third kappa shape index (κ3) is 5.06. The summed E-state index contributed by atoms with van der Waals surface area (Å²) in [6, 6.07) is 5.89. The van der Waals surface area contributed by atoms with Crippen molar-refractivity contribution in [3.05, 3.63) is 29.8 Å². The average molecular weight is 340 g/mol. The van der Waals surface area contributed by atoms with E-state index in [-0.39, 0.29) is 5.56 Å². The molecule has 132 valence electrons. The van der Waals surface area contributed by atoms with Gasteiger partial charge in [0.15, 0.2) is 0 Å². The molecule has 1 aromatic carbocycles.